The van der Waals surface area contributed by atoms with E-state index in [0.29, 0.717) is 18.7 Å². The van der Waals surface area contributed by atoms with Gasteiger partial charge in [0.1, 0.15) is 5.78 Å². The number of ketones is 1. The van der Waals surface area contributed by atoms with E-state index in [1.807, 2.05) is 17.8 Å². The molecule has 1 fully saturated rings. The van der Waals surface area contributed by atoms with Crippen LogP contribution in [0, 0.1) is 5.41 Å². The van der Waals surface area contributed by atoms with Gasteiger partial charge >= 0.3 is 0 Å². The Balaban J connectivity index is 2.05. The van der Waals surface area contributed by atoms with Crippen molar-refractivity contribution in [3.05, 3.63) is 18.0 Å². The molecule has 0 saturated heterocycles. The van der Waals surface area contributed by atoms with E-state index in [4.69, 9.17) is 5.73 Å². The molecule has 4 heteroatoms. The Labute approximate surface area is 102 Å². The number of Topliss-reactive ketones (excluding diaryl/α,β-unsaturated/α-hetero) is 1. The van der Waals surface area contributed by atoms with Crippen molar-refractivity contribution in [2.45, 2.75) is 45.6 Å². The topological polar surface area (TPSA) is 60.9 Å². The van der Waals surface area contributed by atoms with Gasteiger partial charge in [-0.2, -0.15) is 5.10 Å². The Morgan fingerprint density at radius 1 is 1.53 bits per heavy atom. The molecule has 17 heavy (non-hydrogen) atoms. The molecule has 0 atom stereocenters. The minimum atomic E-state index is -0.242. The molecule has 0 radical (unpaired) electrons. The van der Waals surface area contributed by atoms with E-state index >= 15 is 0 Å². The molecule has 1 aliphatic carbocycles. The minimum absolute atomic E-state index is 0.242. The van der Waals surface area contributed by atoms with Crippen LogP contribution in [0.25, 0.3) is 0 Å². The maximum atomic E-state index is 12.3. The summed E-state index contributed by atoms with van der Waals surface area (Å²) in [7, 11) is 0. The van der Waals surface area contributed by atoms with Gasteiger partial charge in [0.25, 0.3) is 0 Å². The number of nitrogens with zero attached hydrogens (tertiary/aromatic N) is 2. The molecule has 4 nitrogen and oxygen atoms in total. The molecule has 1 heterocycles. The van der Waals surface area contributed by atoms with E-state index in [9.17, 15) is 4.79 Å². The highest BCUT2D eigenvalue weighted by Gasteiger charge is 2.39. The monoisotopic (exact) mass is 235 g/mol. The van der Waals surface area contributed by atoms with Crippen LogP contribution >= 0.6 is 0 Å². The van der Waals surface area contributed by atoms with Gasteiger partial charge in [-0.15, -0.1) is 0 Å². The zero-order chi connectivity index (χ0) is 12.3. The standard InChI is InChI=1S/C13H21N3O/c1-2-16-9-11(8-15-16)7-12(17)13(10-14)5-3-4-6-13/h8-9H,2-7,10,14H2,1H3. The fraction of sp³-hybridized carbons (Fsp3) is 0.692. The number of aromatic nitrogens is 2. The molecule has 2 rings (SSSR count). The summed E-state index contributed by atoms with van der Waals surface area (Å²) in [6.07, 6.45) is 8.43. The van der Waals surface area contributed by atoms with Crippen LogP contribution in [0.2, 0.25) is 0 Å². The van der Waals surface area contributed by atoms with Gasteiger partial charge in [-0.3, -0.25) is 9.48 Å². The highest BCUT2D eigenvalue weighted by atomic mass is 16.1. The first-order valence-corrected chi connectivity index (χ1v) is 6.45. The number of carbonyl (C=O) groups excluding carboxylic acids is 1. The Morgan fingerprint density at radius 2 is 2.24 bits per heavy atom. The number of hydrogen-bond acceptors (Lipinski definition) is 3. The summed E-state index contributed by atoms with van der Waals surface area (Å²) >= 11 is 0. The van der Waals surface area contributed by atoms with Gasteiger partial charge in [0.05, 0.1) is 6.20 Å². The van der Waals surface area contributed by atoms with Crippen molar-refractivity contribution in [2.24, 2.45) is 11.1 Å². The van der Waals surface area contributed by atoms with Crippen LogP contribution in [0.3, 0.4) is 0 Å². The summed E-state index contributed by atoms with van der Waals surface area (Å²) in [4.78, 5) is 12.3. The smallest absolute Gasteiger partial charge is 0.144 e. The zero-order valence-corrected chi connectivity index (χ0v) is 10.5. The second-order valence-corrected chi connectivity index (χ2v) is 5.00. The largest absolute Gasteiger partial charge is 0.329 e. The molecule has 0 amide bonds. The molecule has 0 spiro atoms. The lowest BCUT2D eigenvalue weighted by atomic mass is 9.79. The SMILES string of the molecule is CCn1cc(CC(=O)C2(CN)CCCC2)cn1. The Kier molecular flexibility index (Phi) is 3.62. The summed E-state index contributed by atoms with van der Waals surface area (Å²) in [5.74, 6) is 0.299. The average Bonchev–Trinajstić information content (AvgIpc) is 2.97. The third-order valence-electron chi connectivity index (χ3n) is 3.92. The average molecular weight is 235 g/mol. The van der Waals surface area contributed by atoms with Gasteiger partial charge in [-0.25, -0.2) is 0 Å². The molecule has 2 N–H and O–H groups in total. The fourth-order valence-corrected chi connectivity index (χ4v) is 2.69. The van der Waals surface area contributed by atoms with Crippen LogP contribution in [0.15, 0.2) is 12.4 Å². The molecular formula is C13H21N3O. The highest BCUT2D eigenvalue weighted by Crippen LogP contribution is 2.38. The summed E-state index contributed by atoms with van der Waals surface area (Å²) in [6.45, 7) is 3.38. The van der Waals surface area contributed by atoms with E-state index < -0.39 is 0 Å². The summed E-state index contributed by atoms with van der Waals surface area (Å²) in [5.41, 5.74) is 6.58. The van der Waals surface area contributed by atoms with Gasteiger partial charge in [-0.1, -0.05) is 12.8 Å². The Bertz CT molecular complexity index is 391. The van der Waals surface area contributed by atoms with Crippen molar-refractivity contribution >= 4 is 5.78 Å². The summed E-state index contributed by atoms with van der Waals surface area (Å²) in [6, 6.07) is 0. The highest BCUT2D eigenvalue weighted by molar-refractivity contribution is 5.87. The van der Waals surface area contributed by atoms with E-state index in [1.54, 1.807) is 6.20 Å². The van der Waals surface area contributed by atoms with E-state index in [2.05, 4.69) is 5.10 Å². The van der Waals surface area contributed by atoms with Crippen molar-refractivity contribution in [3.63, 3.8) is 0 Å². The second kappa shape index (κ2) is 5.00. The fourth-order valence-electron chi connectivity index (χ4n) is 2.69. The maximum Gasteiger partial charge on any atom is 0.144 e. The van der Waals surface area contributed by atoms with E-state index in [-0.39, 0.29) is 5.41 Å². The van der Waals surface area contributed by atoms with Crippen molar-refractivity contribution in [1.29, 1.82) is 0 Å². The lowest BCUT2D eigenvalue weighted by molar-refractivity contribution is -0.127. The van der Waals surface area contributed by atoms with Gasteiger partial charge in [-0.05, 0) is 25.3 Å². The number of carbonyl (C=O) groups is 1. The molecule has 1 saturated carbocycles. The van der Waals surface area contributed by atoms with Crippen LogP contribution in [0.4, 0.5) is 0 Å². The molecule has 1 aromatic rings. The van der Waals surface area contributed by atoms with Crippen LogP contribution in [0.5, 0.6) is 0 Å². The summed E-state index contributed by atoms with van der Waals surface area (Å²) in [5, 5.41) is 4.20. The molecule has 94 valence electrons. The van der Waals surface area contributed by atoms with Crippen molar-refractivity contribution in [3.8, 4) is 0 Å². The Morgan fingerprint density at radius 3 is 2.76 bits per heavy atom. The molecule has 0 aliphatic heterocycles. The van der Waals surface area contributed by atoms with Crippen LogP contribution < -0.4 is 5.73 Å². The summed E-state index contributed by atoms with van der Waals surface area (Å²) < 4.78 is 1.85. The number of rotatable bonds is 5. The van der Waals surface area contributed by atoms with Crippen LogP contribution in [-0.4, -0.2) is 22.1 Å². The maximum absolute atomic E-state index is 12.3. The third kappa shape index (κ3) is 2.41. The van der Waals surface area contributed by atoms with Crippen molar-refractivity contribution < 1.29 is 4.79 Å². The van der Waals surface area contributed by atoms with Crippen LogP contribution in [0.1, 0.15) is 38.2 Å². The van der Waals surface area contributed by atoms with E-state index in [0.717, 1.165) is 37.8 Å². The molecular weight excluding hydrogens is 214 g/mol. The van der Waals surface area contributed by atoms with Gasteiger partial charge in [0, 0.05) is 31.1 Å². The molecule has 0 aromatic carbocycles. The third-order valence-corrected chi connectivity index (χ3v) is 3.92. The Hall–Kier alpha value is -1.16. The first-order chi connectivity index (χ1) is 8.20. The van der Waals surface area contributed by atoms with Gasteiger partial charge < -0.3 is 5.73 Å². The molecule has 0 unspecified atom stereocenters. The second-order valence-electron chi connectivity index (χ2n) is 5.00. The number of nitrogens with two attached hydrogens (primary N) is 1. The van der Waals surface area contributed by atoms with Gasteiger partial charge in [0.2, 0.25) is 0 Å². The molecule has 0 bridgehead atoms. The normalized spacial score (nSPS) is 18.5. The lowest BCUT2D eigenvalue weighted by Gasteiger charge is -2.25. The molecule has 1 aromatic heterocycles. The first-order valence-electron chi connectivity index (χ1n) is 6.45. The molecule has 1 aliphatic rings. The van der Waals surface area contributed by atoms with E-state index in [1.165, 1.54) is 0 Å². The predicted molar refractivity (Wildman–Crippen MR) is 66.6 cm³/mol. The van der Waals surface area contributed by atoms with Crippen LogP contribution in [-0.2, 0) is 17.8 Å². The predicted octanol–water partition coefficient (Wildman–Crippen LogP) is 1.53. The first kappa shape index (κ1) is 12.3. The number of aryl methyl sites for hydroxylation is 1. The van der Waals surface area contributed by atoms with Crippen molar-refractivity contribution in [2.75, 3.05) is 6.54 Å². The van der Waals surface area contributed by atoms with Crippen molar-refractivity contribution in [1.82, 2.24) is 9.78 Å². The minimum Gasteiger partial charge on any atom is -0.329 e. The zero-order valence-electron chi connectivity index (χ0n) is 10.5. The quantitative estimate of drug-likeness (QED) is 0.842. The number of hydrogen-bond donors (Lipinski definition) is 1. The van der Waals surface area contributed by atoms with Gasteiger partial charge in [0.15, 0.2) is 0 Å². The lowest BCUT2D eigenvalue weighted by Crippen LogP contribution is -2.37.